The lowest BCUT2D eigenvalue weighted by Gasteiger charge is -2.11. The molecule has 5 nitrogen and oxygen atoms in total. The lowest BCUT2D eigenvalue weighted by Crippen LogP contribution is -2.24. The highest BCUT2D eigenvalue weighted by Gasteiger charge is 2.20. The molecule has 4 aromatic rings. The fourth-order valence-electron chi connectivity index (χ4n) is 3.16. The molecule has 0 aliphatic heterocycles. The van der Waals surface area contributed by atoms with Crippen molar-refractivity contribution in [3.63, 3.8) is 0 Å². The van der Waals surface area contributed by atoms with Crippen molar-refractivity contribution < 1.29 is 14.3 Å². The van der Waals surface area contributed by atoms with Crippen LogP contribution in [0.1, 0.15) is 25.6 Å². The Labute approximate surface area is 188 Å². The molecule has 1 aromatic heterocycles. The molecule has 0 aliphatic rings. The molecule has 0 fully saturated rings. The fourth-order valence-corrected chi connectivity index (χ4v) is 4.60. The van der Waals surface area contributed by atoms with Gasteiger partial charge in [0.05, 0.1) is 23.4 Å². The number of carbonyl (C=O) groups is 2. The van der Waals surface area contributed by atoms with Crippen molar-refractivity contribution in [2.75, 3.05) is 12.4 Å². The summed E-state index contributed by atoms with van der Waals surface area (Å²) in [6.45, 7) is 0.395. The number of para-hydroxylation sites is 1. The molecule has 1 heterocycles. The molecule has 0 bridgehead atoms. The largest absolute Gasteiger partial charge is 0.497 e. The second-order valence-corrected chi connectivity index (χ2v) is 8.21. The molecule has 2 amide bonds. The van der Waals surface area contributed by atoms with Crippen LogP contribution in [0.5, 0.6) is 5.75 Å². The molecule has 4 rings (SSSR count). The van der Waals surface area contributed by atoms with E-state index >= 15 is 0 Å². The van der Waals surface area contributed by atoms with E-state index in [1.807, 2.05) is 42.5 Å². The van der Waals surface area contributed by atoms with Gasteiger partial charge in [0.25, 0.3) is 11.8 Å². The quantitative estimate of drug-likeness (QED) is 0.393. The van der Waals surface area contributed by atoms with Crippen molar-refractivity contribution in [1.82, 2.24) is 5.32 Å². The third-order valence-electron chi connectivity index (χ3n) is 4.76. The zero-order valence-electron chi connectivity index (χ0n) is 16.6. The summed E-state index contributed by atoms with van der Waals surface area (Å²) >= 11 is 7.74. The van der Waals surface area contributed by atoms with E-state index in [-0.39, 0.29) is 11.8 Å². The third-order valence-corrected chi connectivity index (χ3v) is 6.41. The minimum atomic E-state index is -0.367. The highest BCUT2D eigenvalue weighted by atomic mass is 35.5. The van der Waals surface area contributed by atoms with E-state index in [2.05, 4.69) is 10.6 Å². The smallest absolute Gasteiger partial charge is 0.267 e. The van der Waals surface area contributed by atoms with Crippen molar-refractivity contribution in [3.05, 3.63) is 93.8 Å². The number of hydrogen-bond donors (Lipinski definition) is 2. The van der Waals surface area contributed by atoms with Gasteiger partial charge in [0.2, 0.25) is 0 Å². The topological polar surface area (TPSA) is 67.4 Å². The van der Waals surface area contributed by atoms with Crippen LogP contribution in [0.2, 0.25) is 5.02 Å². The maximum Gasteiger partial charge on any atom is 0.267 e. The summed E-state index contributed by atoms with van der Waals surface area (Å²) in [6.07, 6.45) is 0. The van der Waals surface area contributed by atoms with Crippen LogP contribution in [0.4, 0.5) is 5.69 Å². The molecular weight excluding hydrogens is 432 g/mol. The molecular formula is C24H19ClN2O3S. The van der Waals surface area contributed by atoms with Gasteiger partial charge >= 0.3 is 0 Å². The molecule has 0 unspecified atom stereocenters. The number of thiophene rings is 1. The number of benzene rings is 3. The lowest BCUT2D eigenvalue weighted by atomic mass is 10.1. The van der Waals surface area contributed by atoms with Crippen molar-refractivity contribution in [2.24, 2.45) is 0 Å². The van der Waals surface area contributed by atoms with Gasteiger partial charge in [0.1, 0.15) is 10.6 Å². The Morgan fingerprint density at radius 1 is 0.968 bits per heavy atom. The standard InChI is InChI=1S/C24H19ClN2O3S/c1-30-16-11-12-18-20(13-16)31-22(21(18)25)24(29)27-19-10-6-5-9-17(19)23(28)26-14-15-7-3-2-4-8-15/h2-13H,14H2,1H3,(H,26,28)(H,27,29). The van der Waals surface area contributed by atoms with E-state index in [4.69, 9.17) is 16.3 Å². The Morgan fingerprint density at radius 3 is 2.48 bits per heavy atom. The Morgan fingerprint density at radius 2 is 1.71 bits per heavy atom. The predicted molar refractivity (Wildman–Crippen MR) is 125 cm³/mol. The van der Waals surface area contributed by atoms with Gasteiger partial charge in [-0.15, -0.1) is 11.3 Å². The van der Waals surface area contributed by atoms with Crippen LogP contribution in [0, 0.1) is 0 Å². The second kappa shape index (κ2) is 9.20. The van der Waals surface area contributed by atoms with Gasteiger partial charge in [-0.1, -0.05) is 54.1 Å². The minimum absolute atomic E-state index is 0.271. The van der Waals surface area contributed by atoms with Gasteiger partial charge in [-0.05, 0) is 35.9 Å². The van der Waals surface area contributed by atoms with Crippen LogP contribution >= 0.6 is 22.9 Å². The van der Waals surface area contributed by atoms with E-state index in [1.165, 1.54) is 11.3 Å². The van der Waals surface area contributed by atoms with Crippen LogP contribution in [-0.2, 0) is 6.54 Å². The maximum atomic E-state index is 13.0. The van der Waals surface area contributed by atoms with Crippen molar-refractivity contribution >= 4 is 50.5 Å². The summed E-state index contributed by atoms with van der Waals surface area (Å²) in [6, 6.07) is 22.0. The minimum Gasteiger partial charge on any atom is -0.497 e. The average molecular weight is 451 g/mol. The van der Waals surface area contributed by atoms with E-state index in [0.29, 0.717) is 33.4 Å². The summed E-state index contributed by atoms with van der Waals surface area (Å²) in [5.41, 5.74) is 1.79. The Hall–Kier alpha value is -3.35. The molecule has 2 N–H and O–H groups in total. The Kier molecular flexibility index (Phi) is 6.21. The first-order chi connectivity index (χ1) is 15.1. The molecule has 0 spiro atoms. The predicted octanol–water partition coefficient (Wildman–Crippen LogP) is 5.75. The monoisotopic (exact) mass is 450 g/mol. The number of nitrogens with one attached hydrogen (secondary N) is 2. The van der Waals surface area contributed by atoms with Gasteiger partial charge in [0, 0.05) is 16.6 Å². The first-order valence-electron chi connectivity index (χ1n) is 9.55. The van der Waals surface area contributed by atoms with Crippen LogP contribution < -0.4 is 15.4 Å². The molecule has 3 aromatic carbocycles. The Balaban J connectivity index is 1.54. The van der Waals surface area contributed by atoms with Crippen LogP contribution in [0.3, 0.4) is 0 Å². The molecule has 0 saturated carbocycles. The summed E-state index contributed by atoms with van der Waals surface area (Å²) in [4.78, 5) is 26.1. The highest BCUT2D eigenvalue weighted by Crippen LogP contribution is 2.37. The van der Waals surface area contributed by atoms with Gasteiger partial charge < -0.3 is 15.4 Å². The fraction of sp³-hybridized carbons (Fsp3) is 0.0833. The van der Waals surface area contributed by atoms with E-state index in [0.717, 1.165) is 15.6 Å². The van der Waals surface area contributed by atoms with Gasteiger partial charge in [-0.2, -0.15) is 0 Å². The number of methoxy groups -OCH3 is 1. The van der Waals surface area contributed by atoms with E-state index in [1.54, 1.807) is 37.4 Å². The molecule has 0 radical (unpaired) electrons. The Bertz CT molecular complexity index is 1250. The third kappa shape index (κ3) is 4.55. The van der Waals surface area contributed by atoms with Gasteiger partial charge in [-0.25, -0.2) is 0 Å². The highest BCUT2D eigenvalue weighted by molar-refractivity contribution is 7.21. The maximum absolute atomic E-state index is 13.0. The van der Waals surface area contributed by atoms with Gasteiger partial charge in [-0.3, -0.25) is 9.59 Å². The molecule has 156 valence electrons. The van der Waals surface area contributed by atoms with Crippen LogP contribution in [0.25, 0.3) is 10.1 Å². The summed E-state index contributed by atoms with van der Waals surface area (Å²) in [7, 11) is 1.59. The van der Waals surface area contributed by atoms with E-state index < -0.39 is 0 Å². The molecule has 0 atom stereocenters. The summed E-state index contributed by atoms with van der Waals surface area (Å²) in [5.74, 6) is 0.0539. The zero-order valence-corrected chi connectivity index (χ0v) is 18.2. The van der Waals surface area contributed by atoms with Crippen LogP contribution in [-0.4, -0.2) is 18.9 Å². The number of amides is 2. The first-order valence-corrected chi connectivity index (χ1v) is 10.7. The summed E-state index contributed by atoms with van der Waals surface area (Å²) < 4.78 is 6.09. The molecule has 0 aliphatic carbocycles. The summed E-state index contributed by atoms with van der Waals surface area (Å²) in [5, 5.41) is 6.88. The second-order valence-electron chi connectivity index (χ2n) is 6.78. The van der Waals surface area contributed by atoms with Crippen molar-refractivity contribution in [2.45, 2.75) is 6.54 Å². The number of halogens is 1. The van der Waals surface area contributed by atoms with E-state index in [9.17, 15) is 9.59 Å². The lowest BCUT2D eigenvalue weighted by molar-refractivity contribution is 0.0952. The zero-order chi connectivity index (χ0) is 21.8. The average Bonchev–Trinajstić information content (AvgIpc) is 3.14. The molecule has 7 heteroatoms. The number of hydrogen-bond acceptors (Lipinski definition) is 4. The van der Waals surface area contributed by atoms with Crippen molar-refractivity contribution in [1.29, 1.82) is 0 Å². The SMILES string of the molecule is COc1ccc2c(Cl)c(C(=O)Nc3ccccc3C(=O)NCc3ccccc3)sc2c1. The number of rotatable bonds is 6. The number of ether oxygens (including phenoxy) is 1. The number of anilines is 1. The first kappa shape index (κ1) is 20.9. The number of carbonyl (C=O) groups excluding carboxylic acids is 2. The van der Waals surface area contributed by atoms with Crippen molar-refractivity contribution in [3.8, 4) is 5.75 Å². The molecule has 31 heavy (non-hydrogen) atoms. The van der Waals surface area contributed by atoms with Gasteiger partial charge in [0.15, 0.2) is 0 Å². The molecule has 0 saturated heterocycles. The van der Waals surface area contributed by atoms with Crippen LogP contribution in [0.15, 0.2) is 72.8 Å². The normalized spacial score (nSPS) is 10.6. The number of fused-ring (bicyclic) bond motifs is 1.